The van der Waals surface area contributed by atoms with Gasteiger partial charge in [-0.15, -0.1) is 0 Å². The van der Waals surface area contributed by atoms with E-state index >= 15 is 0 Å². The Morgan fingerprint density at radius 2 is 1.72 bits per heavy atom. The second-order valence-corrected chi connectivity index (χ2v) is 5.98. The minimum absolute atomic E-state index is 0.0606. The highest BCUT2D eigenvalue weighted by molar-refractivity contribution is 5.28. The van der Waals surface area contributed by atoms with Crippen LogP contribution in [0.4, 0.5) is 0 Å². The van der Waals surface area contributed by atoms with Crippen LogP contribution >= 0.6 is 0 Å². The number of hydrogen-bond acceptors (Lipinski definition) is 2. The fraction of sp³-hybridized carbons (Fsp3) is 0.625. The Hall–Kier alpha value is -0.860. The molecule has 1 rings (SSSR count). The Bertz CT molecular complexity index is 350. The Morgan fingerprint density at radius 1 is 1.17 bits per heavy atom. The Kier molecular flexibility index (Phi) is 5.36. The van der Waals surface area contributed by atoms with Gasteiger partial charge in [0.05, 0.1) is 6.10 Å². The molecule has 0 aliphatic heterocycles. The largest absolute Gasteiger partial charge is 0.377 e. The molecule has 2 atom stereocenters. The topological polar surface area (TPSA) is 35.2 Å². The fourth-order valence-electron chi connectivity index (χ4n) is 1.97. The van der Waals surface area contributed by atoms with Crippen LogP contribution in [-0.4, -0.2) is 18.8 Å². The third-order valence-corrected chi connectivity index (χ3v) is 3.32. The summed E-state index contributed by atoms with van der Waals surface area (Å²) in [7, 11) is 0. The van der Waals surface area contributed by atoms with E-state index in [-0.39, 0.29) is 17.6 Å². The molecule has 0 spiro atoms. The van der Waals surface area contributed by atoms with Gasteiger partial charge >= 0.3 is 0 Å². The molecule has 102 valence electrons. The van der Waals surface area contributed by atoms with Crippen LogP contribution in [0.3, 0.4) is 0 Å². The van der Waals surface area contributed by atoms with E-state index in [0.29, 0.717) is 0 Å². The van der Waals surface area contributed by atoms with Crippen molar-refractivity contribution < 1.29 is 4.74 Å². The Morgan fingerprint density at radius 3 is 2.17 bits per heavy atom. The predicted molar refractivity (Wildman–Crippen MR) is 77.9 cm³/mol. The number of benzene rings is 1. The van der Waals surface area contributed by atoms with Crippen molar-refractivity contribution >= 4 is 0 Å². The molecule has 1 aromatic rings. The van der Waals surface area contributed by atoms with Crippen molar-refractivity contribution in [3.05, 3.63) is 35.4 Å². The summed E-state index contributed by atoms with van der Waals surface area (Å²) < 4.78 is 5.53. The van der Waals surface area contributed by atoms with Crippen LogP contribution in [0, 0.1) is 0 Å². The molecule has 0 aliphatic carbocycles. The lowest BCUT2D eigenvalue weighted by Crippen LogP contribution is -2.36. The molecule has 2 nitrogen and oxygen atoms in total. The van der Waals surface area contributed by atoms with Gasteiger partial charge in [0, 0.05) is 12.6 Å². The van der Waals surface area contributed by atoms with E-state index in [1.54, 1.807) is 0 Å². The molecule has 0 fully saturated rings. The van der Waals surface area contributed by atoms with Crippen LogP contribution in [0.1, 0.15) is 45.7 Å². The summed E-state index contributed by atoms with van der Waals surface area (Å²) in [5, 5.41) is 0. The molecule has 0 saturated carbocycles. The van der Waals surface area contributed by atoms with Crippen LogP contribution in [0.15, 0.2) is 24.3 Å². The van der Waals surface area contributed by atoms with Gasteiger partial charge in [0.1, 0.15) is 0 Å². The fourth-order valence-corrected chi connectivity index (χ4v) is 1.97. The van der Waals surface area contributed by atoms with Gasteiger partial charge in [-0.25, -0.2) is 0 Å². The molecule has 2 unspecified atom stereocenters. The van der Waals surface area contributed by atoms with E-state index in [0.717, 1.165) is 13.0 Å². The zero-order valence-electron chi connectivity index (χ0n) is 12.4. The van der Waals surface area contributed by atoms with E-state index < -0.39 is 0 Å². The van der Waals surface area contributed by atoms with Gasteiger partial charge < -0.3 is 10.5 Å². The van der Waals surface area contributed by atoms with Crippen molar-refractivity contribution in [3.8, 4) is 0 Å². The summed E-state index contributed by atoms with van der Waals surface area (Å²) in [5.74, 6) is 0. The Labute approximate surface area is 112 Å². The molecule has 2 N–H and O–H groups in total. The summed E-state index contributed by atoms with van der Waals surface area (Å²) in [6, 6.07) is 8.82. The molecule has 0 aliphatic rings. The van der Waals surface area contributed by atoms with Crippen LogP contribution < -0.4 is 5.73 Å². The lowest BCUT2D eigenvalue weighted by atomic mass is 9.86. The van der Waals surface area contributed by atoms with Gasteiger partial charge in [0.2, 0.25) is 0 Å². The quantitative estimate of drug-likeness (QED) is 0.869. The SMILES string of the molecule is CCOC(C)C(N)Cc1ccc(C(C)(C)C)cc1. The van der Waals surface area contributed by atoms with Crippen LogP contribution in [-0.2, 0) is 16.6 Å². The molecular weight excluding hydrogens is 222 g/mol. The van der Waals surface area contributed by atoms with Crippen molar-refractivity contribution in [2.75, 3.05) is 6.61 Å². The lowest BCUT2D eigenvalue weighted by Gasteiger charge is -2.21. The first kappa shape index (κ1) is 15.2. The molecular formula is C16H27NO. The van der Waals surface area contributed by atoms with Gasteiger partial charge in [-0.2, -0.15) is 0 Å². The third kappa shape index (κ3) is 4.43. The first-order chi connectivity index (χ1) is 8.34. The van der Waals surface area contributed by atoms with Crippen molar-refractivity contribution in [1.82, 2.24) is 0 Å². The molecule has 1 aromatic carbocycles. The molecule has 18 heavy (non-hydrogen) atoms. The van der Waals surface area contributed by atoms with E-state index in [1.165, 1.54) is 11.1 Å². The van der Waals surface area contributed by atoms with Gasteiger partial charge in [-0.05, 0) is 36.8 Å². The summed E-state index contributed by atoms with van der Waals surface area (Å²) >= 11 is 0. The minimum Gasteiger partial charge on any atom is -0.377 e. The van der Waals surface area contributed by atoms with Crippen LogP contribution in [0.5, 0.6) is 0 Å². The number of hydrogen-bond donors (Lipinski definition) is 1. The minimum atomic E-state index is 0.0606. The van der Waals surface area contributed by atoms with E-state index in [1.807, 2.05) is 13.8 Å². The molecule has 0 amide bonds. The predicted octanol–water partition coefficient (Wildman–Crippen LogP) is 3.28. The maximum Gasteiger partial charge on any atom is 0.0700 e. The first-order valence-electron chi connectivity index (χ1n) is 6.81. The number of nitrogens with two attached hydrogens (primary N) is 1. The highest BCUT2D eigenvalue weighted by Gasteiger charge is 2.15. The summed E-state index contributed by atoms with van der Waals surface area (Å²) in [4.78, 5) is 0. The Balaban J connectivity index is 2.64. The van der Waals surface area contributed by atoms with Crippen molar-refractivity contribution in [1.29, 1.82) is 0 Å². The van der Waals surface area contributed by atoms with E-state index in [9.17, 15) is 0 Å². The second kappa shape index (κ2) is 6.35. The van der Waals surface area contributed by atoms with Crippen molar-refractivity contribution in [3.63, 3.8) is 0 Å². The maximum atomic E-state index is 6.13. The number of rotatable bonds is 5. The normalized spacial score (nSPS) is 15.4. The molecule has 0 heterocycles. The van der Waals surface area contributed by atoms with Crippen molar-refractivity contribution in [2.24, 2.45) is 5.73 Å². The van der Waals surface area contributed by atoms with Gasteiger partial charge in [0.25, 0.3) is 0 Å². The third-order valence-electron chi connectivity index (χ3n) is 3.32. The van der Waals surface area contributed by atoms with Gasteiger partial charge in [0.15, 0.2) is 0 Å². The standard InChI is InChI=1S/C16H27NO/c1-6-18-12(2)15(17)11-13-7-9-14(10-8-13)16(3,4)5/h7-10,12,15H,6,11,17H2,1-5H3. The summed E-state index contributed by atoms with van der Waals surface area (Å²) in [5.41, 5.74) is 8.98. The highest BCUT2D eigenvalue weighted by atomic mass is 16.5. The monoisotopic (exact) mass is 249 g/mol. The first-order valence-corrected chi connectivity index (χ1v) is 6.81. The van der Waals surface area contributed by atoms with Crippen LogP contribution in [0.2, 0.25) is 0 Å². The number of ether oxygens (including phenoxy) is 1. The molecule has 0 saturated heterocycles. The smallest absolute Gasteiger partial charge is 0.0700 e. The van der Waals surface area contributed by atoms with Gasteiger partial charge in [-0.1, -0.05) is 45.0 Å². The van der Waals surface area contributed by atoms with E-state index in [2.05, 4.69) is 45.0 Å². The zero-order valence-corrected chi connectivity index (χ0v) is 12.4. The molecule has 2 heteroatoms. The molecule has 0 bridgehead atoms. The van der Waals surface area contributed by atoms with Crippen LogP contribution in [0.25, 0.3) is 0 Å². The average Bonchev–Trinajstić information content (AvgIpc) is 2.28. The summed E-state index contributed by atoms with van der Waals surface area (Å²) in [6.07, 6.45) is 0.975. The molecule has 0 aromatic heterocycles. The highest BCUT2D eigenvalue weighted by Crippen LogP contribution is 2.22. The van der Waals surface area contributed by atoms with Crippen molar-refractivity contribution in [2.45, 2.75) is 58.6 Å². The second-order valence-electron chi connectivity index (χ2n) is 5.98. The summed E-state index contributed by atoms with van der Waals surface area (Å²) in [6.45, 7) is 11.4. The zero-order chi connectivity index (χ0) is 13.8. The molecule has 0 radical (unpaired) electrons. The maximum absolute atomic E-state index is 6.13. The van der Waals surface area contributed by atoms with E-state index in [4.69, 9.17) is 10.5 Å². The average molecular weight is 249 g/mol. The lowest BCUT2D eigenvalue weighted by molar-refractivity contribution is 0.0577. The van der Waals surface area contributed by atoms with Gasteiger partial charge in [-0.3, -0.25) is 0 Å².